The number of hydrogen-bond donors (Lipinski definition) is 1. The topological polar surface area (TPSA) is 35.6 Å². The third-order valence-electron chi connectivity index (χ3n) is 4.62. The molecule has 1 saturated heterocycles. The van der Waals surface area contributed by atoms with Crippen molar-refractivity contribution in [3.63, 3.8) is 0 Å². The van der Waals surface area contributed by atoms with E-state index in [1.54, 1.807) is 4.90 Å². The molecule has 4 nitrogen and oxygen atoms in total. The molecule has 1 N–H and O–H groups in total. The zero-order valence-corrected chi connectivity index (χ0v) is 12.5. The van der Waals surface area contributed by atoms with E-state index in [1.165, 1.54) is 31.7 Å². The van der Waals surface area contributed by atoms with Gasteiger partial charge in [0.25, 0.3) is 0 Å². The van der Waals surface area contributed by atoms with Crippen molar-refractivity contribution in [2.45, 2.75) is 31.7 Å². The first kappa shape index (κ1) is 15.2. The van der Waals surface area contributed by atoms with Crippen LogP contribution in [0.4, 0.5) is 19.3 Å². The fraction of sp³-hybridized carbons (Fsp3) is 0.562. The first-order valence-corrected chi connectivity index (χ1v) is 7.88. The molecule has 2 fully saturated rings. The van der Waals surface area contributed by atoms with Crippen LogP contribution in [-0.2, 0) is 0 Å². The van der Waals surface area contributed by atoms with Crippen molar-refractivity contribution < 1.29 is 13.6 Å². The Morgan fingerprint density at radius 3 is 2.41 bits per heavy atom. The van der Waals surface area contributed by atoms with Gasteiger partial charge in [0.1, 0.15) is 11.6 Å². The monoisotopic (exact) mass is 309 g/mol. The summed E-state index contributed by atoms with van der Waals surface area (Å²) in [4.78, 5) is 16.3. The molecule has 2 amide bonds. The van der Waals surface area contributed by atoms with Crippen LogP contribution >= 0.6 is 0 Å². The molecule has 120 valence electrons. The van der Waals surface area contributed by atoms with E-state index in [1.807, 2.05) is 0 Å². The predicted octanol–water partition coefficient (Wildman–Crippen LogP) is 3.06. The number of nitrogens with one attached hydrogen (secondary N) is 1. The second-order valence-corrected chi connectivity index (χ2v) is 6.02. The smallest absolute Gasteiger partial charge is 0.322 e. The van der Waals surface area contributed by atoms with Crippen LogP contribution in [0, 0.1) is 11.6 Å². The Morgan fingerprint density at radius 2 is 1.77 bits per heavy atom. The molecule has 0 aromatic heterocycles. The third-order valence-corrected chi connectivity index (χ3v) is 4.62. The molecule has 2 aliphatic rings. The summed E-state index contributed by atoms with van der Waals surface area (Å²) in [5, 5.41) is 2.52. The summed E-state index contributed by atoms with van der Waals surface area (Å²) in [6.45, 7) is 3.02. The molecule has 1 aliphatic carbocycles. The van der Waals surface area contributed by atoms with Crippen molar-refractivity contribution >= 4 is 11.7 Å². The molecular formula is C16H21F2N3O. The van der Waals surface area contributed by atoms with E-state index in [2.05, 4.69) is 10.2 Å². The molecule has 0 bridgehead atoms. The highest BCUT2D eigenvalue weighted by Crippen LogP contribution is 2.24. The van der Waals surface area contributed by atoms with E-state index in [-0.39, 0.29) is 11.7 Å². The lowest BCUT2D eigenvalue weighted by molar-refractivity contribution is 0.115. The second kappa shape index (κ2) is 6.60. The van der Waals surface area contributed by atoms with Gasteiger partial charge in [-0.1, -0.05) is 12.8 Å². The Kier molecular flexibility index (Phi) is 4.57. The van der Waals surface area contributed by atoms with Crippen LogP contribution < -0.4 is 5.32 Å². The first-order valence-electron chi connectivity index (χ1n) is 7.88. The highest BCUT2D eigenvalue weighted by molar-refractivity contribution is 5.89. The highest BCUT2D eigenvalue weighted by atomic mass is 19.1. The maximum atomic E-state index is 13.6. The summed E-state index contributed by atoms with van der Waals surface area (Å²) in [6.07, 6.45) is 5.12. The molecule has 0 atom stereocenters. The van der Waals surface area contributed by atoms with E-state index in [9.17, 15) is 13.6 Å². The molecular weight excluding hydrogens is 288 g/mol. The van der Waals surface area contributed by atoms with Gasteiger partial charge in [-0.2, -0.15) is 0 Å². The zero-order valence-electron chi connectivity index (χ0n) is 12.5. The number of benzene rings is 1. The van der Waals surface area contributed by atoms with Gasteiger partial charge in [-0.15, -0.1) is 0 Å². The molecule has 1 heterocycles. The minimum atomic E-state index is -0.752. The number of halogens is 2. The van der Waals surface area contributed by atoms with E-state index in [0.717, 1.165) is 25.2 Å². The Bertz CT molecular complexity index is 538. The molecule has 3 rings (SSSR count). The van der Waals surface area contributed by atoms with Crippen molar-refractivity contribution in [2.24, 2.45) is 0 Å². The normalized spacial score (nSPS) is 20.4. The van der Waals surface area contributed by atoms with E-state index in [0.29, 0.717) is 19.1 Å². The average molecular weight is 309 g/mol. The second-order valence-electron chi connectivity index (χ2n) is 6.02. The minimum Gasteiger partial charge on any atom is -0.322 e. The van der Waals surface area contributed by atoms with Gasteiger partial charge in [-0.25, -0.2) is 13.6 Å². The lowest BCUT2D eigenvalue weighted by Crippen LogP contribution is -2.52. The Labute approximate surface area is 129 Å². The fourth-order valence-corrected chi connectivity index (χ4v) is 3.34. The maximum absolute atomic E-state index is 13.6. The first-order chi connectivity index (χ1) is 10.6. The van der Waals surface area contributed by atoms with Gasteiger partial charge >= 0.3 is 6.03 Å². The number of anilines is 1. The molecule has 1 aromatic rings. The summed E-state index contributed by atoms with van der Waals surface area (Å²) in [5.41, 5.74) is 0.0182. The number of amides is 2. The summed E-state index contributed by atoms with van der Waals surface area (Å²) in [7, 11) is 0. The van der Waals surface area contributed by atoms with Gasteiger partial charge in [0.05, 0.1) is 5.69 Å². The SMILES string of the molecule is O=C(Nc1ccc(F)cc1F)N1CCN(C2CCCC2)CC1. The third kappa shape index (κ3) is 3.38. The standard InChI is InChI=1S/C16H21F2N3O/c17-12-5-6-15(14(18)11-12)19-16(22)21-9-7-20(8-10-21)13-3-1-2-4-13/h5-6,11,13H,1-4,7-10H2,(H,19,22). The average Bonchev–Trinajstić information content (AvgIpc) is 3.04. The largest absolute Gasteiger partial charge is 0.322 e. The van der Waals surface area contributed by atoms with Gasteiger partial charge in [0.15, 0.2) is 0 Å². The summed E-state index contributed by atoms with van der Waals surface area (Å²) < 4.78 is 26.4. The Balaban J connectivity index is 1.53. The lowest BCUT2D eigenvalue weighted by Gasteiger charge is -2.38. The van der Waals surface area contributed by atoms with Crippen molar-refractivity contribution in [1.82, 2.24) is 9.80 Å². The summed E-state index contributed by atoms with van der Waals surface area (Å²) >= 11 is 0. The van der Waals surface area contributed by atoms with Crippen LogP contribution in [0.25, 0.3) is 0 Å². The van der Waals surface area contributed by atoms with Gasteiger partial charge in [-0.3, -0.25) is 4.90 Å². The van der Waals surface area contributed by atoms with Crippen LogP contribution in [0.5, 0.6) is 0 Å². The number of hydrogen-bond acceptors (Lipinski definition) is 2. The van der Waals surface area contributed by atoms with Crippen LogP contribution in [0.2, 0.25) is 0 Å². The quantitative estimate of drug-likeness (QED) is 0.911. The van der Waals surface area contributed by atoms with Gasteiger partial charge in [0.2, 0.25) is 0 Å². The van der Waals surface area contributed by atoms with E-state index in [4.69, 9.17) is 0 Å². The fourth-order valence-electron chi connectivity index (χ4n) is 3.34. The molecule has 1 aromatic carbocycles. The maximum Gasteiger partial charge on any atom is 0.322 e. The van der Waals surface area contributed by atoms with Crippen LogP contribution in [0.15, 0.2) is 18.2 Å². The molecule has 0 spiro atoms. The number of rotatable bonds is 2. The minimum absolute atomic E-state index is 0.0182. The zero-order chi connectivity index (χ0) is 15.5. The van der Waals surface area contributed by atoms with E-state index < -0.39 is 11.6 Å². The molecule has 22 heavy (non-hydrogen) atoms. The summed E-state index contributed by atoms with van der Waals surface area (Å²) in [6, 6.07) is 3.50. The van der Waals surface area contributed by atoms with Crippen molar-refractivity contribution in [3.05, 3.63) is 29.8 Å². The predicted molar refractivity (Wildman–Crippen MR) is 80.8 cm³/mol. The number of nitrogens with zero attached hydrogens (tertiary/aromatic N) is 2. The molecule has 0 radical (unpaired) electrons. The summed E-state index contributed by atoms with van der Waals surface area (Å²) in [5.74, 6) is -1.40. The molecule has 6 heteroatoms. The number of urea groups is 1. The van der Waals surface area contributed by atoms with Gasteiger partial charge in [0, 0.05) is 38.3 Å². The molecule has 1 saturated carbocycles. The van der Waals surface area contributed by atoms with Gasteiger partial charge in [-0.05, 0) is 25.0 Å². The van der Waals surface area contributed by atoms with Gasteiger partial charge < -0.3 is 10.2 Å². The number of carbonyl (C=O) groups is 1. The Hall–Kier alpha value is -1.69. The number of piperazine rings is 1. The van der Waals surface area contributed by atoms with Crippen LogP contribution in [0.1, 0.15) is 25.7 Å². The van der Waals surface area contributed by atoms with Crippen LogP contribution in [0.3, 0.4) is 0 Å². The van der Waals surface area contributed by atoms with Crippen molar-refractivity contribution in [1.29, 1.82) is 0 Å². The number of carbonyl (C=O) groups excluding carboxylic acids is 1. The van der Waals surface area contributed by atoms with Crippen LogP contribution in [-0.4, -0.2) is 48.1 Å². The Morgan fingerprint density at radius 1 is 1.09 bits per heavy atom. The van der Waals surface area contributed by atoms with Crippen molar-refractivity contribution in [2.75, 3.05) is 31.5 Å². The molecule has 0 unspecified atom stereocenters. The van der Waals surface area contributed by atoms with Crippen molar-refractivity contribution in [3.8, 4) is 0 Å². The molecule has 1 aliphatic heterocycles. The van der Waals surface area contributed by atoms with E-state index >= 15 is 0 Å². The lowest BCUT2D eigenvalue weighted by atomic mass is 10.2. The highest BCUT2D eigenvalue weighted by Gasteiger charge is 2.28.